The first kappa shape index (κ1) is 10.9. The first-order valence-corrected chi connectivity index (χ1v) is 5.38. The summed E-state index contributed by atoms with van der Waals surface area (Å²) in [5.74, 6) is 0.331. The van der Waals surface area contributed by atoms with Crippen LogP contribution in [-0.2, 0) is 0 Å². The van der Waals surface area contributed by atoms with Gasteiger partial charge in [-0.15, -0.1) is 5.10 Å². The van der Waals surface area contributed by atoms with Crippen molar-refractivity contribution in [3.05, 3.63) is 40.5 Å². The lowest BCUT2D eigenvalue weighted by Gasteiger charge is -2.00. The second kappa shape index (κ2) is 4.49. The van der Waals surface area contributed by atoms with Crippen LogP contribution in [0.4, 0.5) is 0 Å². The van der Waals surface area contributed by atoms with E-state index in [0.29, 0.717) is 11.4 Å². The highest BCUT2D eigenvalue weighted by molar-refractivity contribution is 9.10. The van der Waals surface area contributed by atoms with Crippen molar-refractivity contribution in [1.29, 1.82) is 0 Å². The number of ether oxygens (including phenoxy) is 1. The van der Waals surface area contributed by atoms with E-state index >= 15 is 0 Å². The molecule has 2 rings (SSSR count). The van der Waals surface area contributed by atoms with Crippen molar-refractivity contribution in [1.82, 2.24) is 9.78 Å². The van der Waals surface area contributed by atoms with E-state index < -0.39 is 0 Å². The lowest BCUT2D eigenvalue weighted by Crippen LogP contribution is -1.94. The number of hydrogen-bond acceptors (Lipinski definition) is 3. The number of rotatable bonds is 3. The van der Waals surface area contributed by atoms with E-state index in [1.165, 1.54) is 7.11 Å². The van der Waals surface area contributed by atoms with E-state index in [1.807, 2.05) is 24.3 Å². The van der Waals surface area contributed by atoms with Gasteiger partial charge in [0.2, 0.25) is 5.88 Å². The second-order valence-corrected chi connectivity index (χ2v) is 4.05. The Hall–Kier alpha value is -1.62. The molecule has 0 saturated heterocycles. The van der Waals surface area contributed by atoms with Crippen molar-refractivity contribution < 1.29 is 9.53 Å². The van der Waals surface area contributed by atoms with Gasteiger partial charge in [0.1, 0.15) is 0 Å². The molecule has 0 fully saturated rings. The Labute approximate surface area is 101 Å². The van der Waals surface area contributed by atoms with Crippen molar-refractivity contribution in [2.24, 2.45) is 0 Å². The number of hydrogen-bond donors (Lipinski definition) is 0. The first-order valence-electron chi connectivity index (χ1n) is 4.59. The fraction of sp³-hybridized carbons (Fsp3) is 0.0909. The van der Waals surface area contributed by atoms with Crippen LogP contribution < -0.4 is 4.74 Å². The van der Waals surface area contributed by atoms with Gasteiger partial charge in [-0.3, -0.25) is 4.79 Å². The monoisotopic (exact) mass is 280 g/mol. The number of carbonyl (C=O) groups excluding carboxylic acids is 1. The first-order chi connectivity index (χ1) is 7.74. The maximum atomic E-state index is 10.7. The summed E-state index contributed by atoms with van der Waals surface area (Å²) >= 11 is 3.35. The van der Waals surface area contributed by atoms with Gasteiger partial charge in [-0.05, 0) is 24.3 Å². The minimum Gasteiger partial charge on any atom is -0.479 e. The van der Waals surface area contributed by atoms with E-state index in [-0.39, 0.29) is 0 Å². The molecule has 0 saturated carbocycles. The van der Waals surface area contributed by atoms with Crippen LogP contribution in [0.1, 0.15) is 10.4 Å². The number of aromatic nitrogens is 2. The predicted molar refractivity (Wildman–Crippen MR) is 63.2 cm³/mol. The molecule has 0 aliphatic rings. The molecule has 0 atom stereocenters. The van der Waals surface area contributed by atoms with Gasteiger partial charge in [0.05, 0.1) is 18.4 Å². The van der Waals surface area contributed by atoms with Crippen molar-refractivity contribution in [2.75, 3.05) is 7.11 Å². The molecule has 0 bridgehead atoms. The third kappa shape index (κ3) is 1.99. The number of methoxy groups -OCH3 is 1. The van der Waals surface area contributed by atoms with Gasteiger partial charge in [0.25, 0.3) is 0 Å². The van der Waals surface area contributed by atoms with Gasteiger partial charge in [0, 0.05) is 10.7 Å². The molecular formula is C11H9BrN2O2. The summed E-state index contributed by atoms with van der Waals surface area (Å²) in [6.07, 6.45) is 2.36. The SMILES string of the molecule is COc1nn(-c2ccc(Br)cc2)cc1C=O. The Balaban J connectivity index is 2.44. The summed E-state index contributed by atoms with van der Waals surface area (Å²) in [5.41, 5.74) is 1.31. The third-order valence-electron chi connectivity index (χ3n) is 2.12. The molecule has 0 N–H and O–H groups in total. The Kier molecular flexibility index (Phi) is 3.05. The van der Waals surface area contributed by atoms with Crippen LogP contribution in [0, 0.1) is 0 Å². The highest BCUT2D eigenvalue weighted by atomic mass is 79.9. The quantitative estimate of drug-likeness (QED) is 0.812. The van der Waals surface area contributed by atoms with Crippen molar-refractivity contribution >= 4 is 22.2 Å². The molecule has 0 amide bonds. The number of aldehydes is 1. The lowest BCUT2D eigenvalue weighted by molar-refractivity contribution is 0.112. The van der Waals surface area contributed by atoms with Crippen LogP contribution in [0.2, 0.25) is 0 Å². The van der Waals surface area contributed by atoms with Crippen LogP contribution in [0.25, 0.3) is 5.69 Å². The molecule has 0 aliphatic heterocycles. The fourth-order valence-corrected chi connectivity index (χ4v) is 1.60. The molecule has 82 valence electrons. The maximum Gasteiger partial charge on any atom is 0.243 e. The second-order valence-electron chi connectivity index (χ2n) is 3.13. The highest BCUT2D eigenvalue weighted by Gasteiger charge is 2.09. The topological polar surface area (TPSA) is 44.1 Å². The molecule has 5 heteroatoms. The number of halogens is 1. The van der Waals surface area contributed by atoms with E-state index in [1.54, 1.807) is 10.9 Å². The van der Waals surface area contributed by atoms with Crippen LogP contribution in [0.5, 0.6) is 5.88 Å². The highest BCUT2D eigenvalue weighted by Crippen LogP contribution is 2.18. The summed E-state index contributed by atoms with van der Waals surface area (Å²) in [4.78, 5) is 10.7. The van der Waals surface area contributed by atoms with E-state index in [0.717, 1.165) is 16.4 Å². The molecule has 16 heavy (non-hydrogen) atoms. The molecule has 1 aromatic heterocycles. The summed E-state index contributed by atoms with van der Waals surface area (Å²) in [6, 6.07) is 7.60. The Morgan fingerprint density at radius 2 is 2.06 bits per heavy atom. The van der Waals surface area contributed by atoms with E-state index in [9.17, 15) is 4.79 Å². The van der Waals surface area contributed by atoms with Crippen molar-refractivity contribution in [3.63, 3.8) is 0 Å². The molecule has 1 aromatic carbocycles. The minimum atomic E-state index is 0.331. The third-order valence-corrected chi connectivity index (χ3v) is 2.65. The Bertz CT molecular complexity index is 505. The molecule has 0 unspecified atom stereocenters. The van der Waals surface area contributed by atoms with Gasteiger partial charge in [0.15, 0.2) is 6.29 Å². The zero-order valence-electron chi connectivity index (χ0n) is 8.55. The molecule has 1 heterocycles. The summed E-state index contributed by atoms with van der Waals surface area (Å²) < 4.78 is 7.59. The number of benzene rings is 1. The molecule has 0 radical (unpaired) electrons. The lowest BCUT2D eigenvalue weighted by atomic mass is 10.3. The van der Waals surface area contributed by atoms with E-state index in [4.69, 9.17) is 4.74 Å². The molecule has 0 aliphatic carbocycles. The maximum absolute atomic E-state index is 10.7. The normalized spacial score (nSPS) is 10.1. The van der Waals surface area contributed by atoms with Gasteiger partial charge in [-0.25, -0.2) is 4.68 Å². The summed E-state index contributed by atoms with van der Waals surface area (Å²) in [7, 11) is 1.49. The Morgan fingerprint density at radius 1 is 1.38 bits per heavy atom. The van der Waals surface area contributed by atoms with Crippen molar-refractivity contribution in [3.8, 4) is 11.6 Å². The van der Waals surface area contributed by atoms with Crippen LogP contribution in [-0.4, -0.2) is 23.2 Å². The van der Waals surface area contributed by atoms with Crippen molar-refractivity contribution in [2.45, 2.75) is 0 Å². The van der Waals surface area contributed by atoms with Gasteiger partial charge >= 0.3 is 0 Å². The molecule has 2 aromatic rings. The smallest absolute Gasteiger partial charge is 0.243 e. The van der Waals surface area contributed by atoms with Gasteiger partial charge in [-0.2, -0.15) is 0 Å². The standard InChI is InChI=1S/C11H9BrN2O2/c1-16-11-8(7-15)6-14(13-11)10-4-2-9(12)3-5-10/h2-7H,1H3. The molecule has 0 spiro atoms. The van der Waals surface area contributed by atoms with Crippen LogP contribution in [0.3, 0.4) is 0 Å². The average molecular weight is 281 g/mol. The Morgan fingerprint density at radius 3 is 2.56 bits per heavy atom. The van der Waals surface area contributed by atoms with E-state index in [2.05, 4.69) is 21.0 Å². The summed E-state index contributed by atoms with van der Waals surface area (Å²) in [6.45, 7) is 0. The fourth-order valence-electron chi connectivity index (χ4n) is 1.34. The predicted octanol–water partition coefficient (Wildman–Crippen LogP) is 2.46. The van der Waals surface area contributed by atoms with Gasteiger partial charge in [-0.1, -0.05) is 15.9 Å². The number of nitrogens with zero attached hydrogens (tertiary/aromatic N) is 2. The molecule has 4 nitrogen and oxygen atoms in total. The molecular weight excluding hydrogens is 272 g/mol. The number of carbonyl (C=O) groups is 1. The average Bonchev–Trinajstić information content (AvgIpc) is 2.73. The zero-order valence-corrected chi connectivity index (χ0v) is 10.1. The largest absolute Gasteiger partial charge is 0.479 e. The van der Waals surface area contributed by atoms with Crippen LogP contribution >= 0.6 is 15.9 Å². The van der Waals surface area contributed by atoms with Gasteiger partial charge < -0.3 is 4.74 Å². The summed E-state index contributed by atoms with van der Waals surface area (Å²) in [5, 5.41) is 4.15. The zero-order chi connectivity index (χ0) is 11.5. The van der Waals surface area contributed by atoms with Crippen LogP contribution in [0.15, 0.2) is 34.9 Å². The minimum absolute atomic E-state index is 0.331.